The highest BCUT2D eigenvalue weighted by atomic mass is 35.5. The second kappa shape index (κ2) is 8.71. The molecule has 0 aliphatic carbocycles. The maximum absolute atomic E-state index is 13.8. The molecule has 2 aromatic carbocycles. The van der Waals surface area contributed by atoms with Crippen LogP contribution in [0.3, 0.4) is 0 Å². The number of benzene rings is 2. The van der Waals surface area contributed by atoms with Gasteiger partial charge in [-0.25, -0.2) is 13.8 Å². The summed E-state index contributed by atoms with van der Waals surface area (Å²) in [6, 6.07) is 7.66. The minimum Gasteiger partial charge on any atom is -0.441 e. The number of oxazole rings is 1. The molecule has 4 nitrogen and oxygen atoms in total. The first-order chi connectivity index (χ1) is 13.3. The third-order valence-corrected chi connectivity index (χ3v) is 4.67. The van der Waals surface area contributed by atoms with Crippen molar-refractivity contribution in [3.05, 3.63) is 75.7 Å². The molecule has 1 atom stereocenters. The fourth-order valence-electron chi connectivity index (χ4n) is 2.70. The summed E-state index contributed by atoms with van der Waals surface area (Å²) in [5.74, 6) is -0.832. The maximum Gasteiger partial charge on any atom is 0.220 e. The number of nitrogens with zero attached hydrogens (tertiary/aromatic N) is 1. The SMILES string of the molecule is CC(NC(=O)CCc1ncc(-c2ccc(Cl)cc2Cl)o1)c1ccc(F)cc1F. The Bertz CT molecular complexity index is 1010. The molecule has 1 aromatic heterocycles. The van der Waals surface area contributed by atoms with Crippen molar-refractivity contribution < 1.29 is 18.0 Å². The van der Waals surface area contributed by atoms with E-state index in [1.54, 1.807) is 25.1 Å². The van der Waals surface area contributed by atoms with Crippen molar-refractivity contribution in [1.29, 1.82) is 0 Å². The van der Waals surface area contributed by atoms with Gasteiger partial charge in [0.2, 0.25) is 5.91 Å². The summed E-state index contributed by atoms with van der Waals surface area (Å²) in [6.07, 6.45) is 1.88. The molecule has 0 saturated heterocycles. The topological polar surface area (TPSA) is 55.1 Å². The van der Waals surface area contributed by atoms with Gasteiger partial charge in [0.15, 0.2) is 11.7 Å². The van der Waals surface area contributed by atoms with Gasteiger partial charge in [0.25, 0.3) is 0 Å². The predicted molar refractivity (Wildman–Crippen MR) is 103 cm³/mol. The molecule has 3 aromatic rings. The summed E-state index contributed by atoms with van der Waals surface area (Å²) in [6.45, 7) is 1.62. The Balaban J connectivity index is 1.58. The zero-order valence-electron chi connectivity index (χ0n) is 14.8. The number of carbonyl (C=O) groups excluding carboxylic acids is 1. The molecular formula is C20H16Cl2F2N2O2. The number of rotatable bonds is 6. The average molecular weight is 425 g/mol. The van der Waals surface area contributed by atoms with Crippen molar-refractivity contribution >= 4 is 29.1 Å². The lowest BCUT2D eigenvalue weighted by Crippen LogP contribution is -2.27. The first kappa shape index (κ1) is 20.3. The van der Waals surface area contributed by atoms with E-state index in [1.165, 1.54) is 12.3 Å². The Morgan fingerprint density at radius 1 is 1.21 bits per heavy atom. The second-order valence-corrected chi connectivity index (χ2v) is 7.04. The molecule has 1 heterocycles. The van der Waals surface area contributed by atoms with Crippen molar-refractivity contribution in [2.75, 3.05) is 0 Å². The summed E-state index contributed by atoms with van der Waals surface area (Å²) in [7, 11) is 0. The molecule has 0 radical (unpaired) electrons. The van der Waals surface area contributed by atoms with Crippen LogP contribution in [0, 0.1) is 11.6 Å². The monoisotopic (exact) mass is 424 g/mol. The number of hydrogen-bond acceptors (Lipinski definition) is 3. The Labute approximate surface area is 170 Å². The lowest BCUT2D eigenvalue weighted by atomic mass is 10.1. The van der Waals surface area contributed by atoms with Gasteiger partial charge in [0, 0.05) is 35.1 Å². The van der Waals surface area contributed by atoms with Gasteiger partial charge in [-0.05, 0) is 31.2 Å². The maximum atomic E-state index is 13.8. The van der Waals surface area contributed by atoms with Crippen LogP contribution in [0.5, 0.6) is 0 Å². The highest BCUT2D eigenvalue weighted by Gasteiger charge is 2.16. The van der Waals surface area contributed by atoms with E-state index < -0.39 is 17.7 Å². The quantitative estimate of drug-likeness (QED) is 0.548. The molecule has 1 N–H and O–H groups in total. The Kier molecular flexibility index (Phi) is 6.31. The zero-order chi connectivity index (χ0) is 20.3. The van der Waals surface area contributed by atoms with E-state index in [0.29, 0.717) is 27.3 Å². The van der Waals surface area contributed by atoms with Crippen molar-refractivity contribution in [2.45, 2.75) is 25.8 Å². The predicted octanol–water partition coefficient (Wildman–Crippen LogP) is 5.74. The summed E-state index contributed by atoms with van der Waals surface area (Å²) < 4.78 is 32.4. The number of aryl methyl sites for hydroxylation is 1. The number of amides is 1. The van der Waals surface area contributed by atoms with Crippen LogP contribution in [-0.2, 0) is 11.2 Å². The van der Waals surface area contributed by atoms with Gasteiger partial charge < -0.3 is 9.73 Å². The van der Waals surface area contributed by atoms with Crippen molar-refractivity contribution in [3.63, 3.8) is 0 Å². The summed E-state index contributed by atoms with van der Waals surface area (Å²) in [5, 5.41) is 3.62. The molecule has 0 bridgehead atoms. The number of halogens is 4. The van der Waals surface area contributed by atoms with E-state index in [-0.39, 0.29) is 24.3 Å². The van der Waals surface area contributed by atoms with Crippen LogP contribution in [0.4, 0.5) is 8.78 Å². The number of nitrogens with one attached hydrogen (secondary N) is 1. The van der Waals surface area contributed by atoms with Crippen LogP contribution in [0.15, 0.2) is 47.0 Å². The van der Waals surface area contributed by atoms with Crippen LogP contribution in [0.2, 0.25) is 10.0 Å². The van der Waals surface area contributed by atoms with Crippen LogP contribution >= 0.6 is 23.2 Å². The Morgan fingerprint density at radius 3 is 2.71 bits per heavy atom. The minimum absolute atomic E-state index is 0.0987. The van der Waals surface area contributed by atoms with Gasteiger partial charge in [-0.15, -0.1) is 0 Å². The van der Waals surface area contributed by atoms with Gasteiger partial charge in [-0.1, -0.05) is 29.3 Å². The minimum atomic E-state index is -0.704. The van der Waals surface area contributed by atoms with Gasteiger partial charge in [0.1, 0.15) is 11.6 Å². The van der Waals surface area contributed by atoms with E-state index in [0.717, 1.165) is 12.1 Å². The van der Waals surface area contributed by atoms with Crippen molar-refractivity contribution in [1.82, 2.24) is 10.3 Å². The molecule has 0 spiro atoms. The molecule has 0 aliphatic rings. The van der Waals surface area contributed by atoms with E-state index in [1.807, 2.05) is 0 Å². The average Bonchev–Trinajstić information content (AvgIpc) is 3.08. The smallest absolute Gasteiger partial charge is 0.220 e. The van der Waals surface area contributed by atoms with Crippen molar-refractivity contribution in [3.8, 4) is 11.3 Å². The second-order valence-electron chi connectivity index (χ2n) is 6.20. The molecule has 146 valence electrons. The largest absolute Gasteiger partial charge is 0.441 e. The van der Waals surface area contributed by atoms with E-state index >= 15 is 0 Å². The van der Waals surface area contributed by atoms with Crippen LogP contribution in [0.25, 0.3) is 11.3 Å². The lowest BCUT2D eigenvalue weighted by molar-refractivity contribution is -0.121. The number of aromatic nitrogens is 1. The molecule has 8 heteroatoms. The van der Waals surface area contributed by atoms with E-state index in [4.69, 9.17) is 27.6 Å². The lowest BCUT2D eigenvalue weighted by Gasteiger charge is -2.14. The van der Waals surface area contributed by atoms with Gasteiger partial charge in [-0.3, -0.25) is 4.79 Å². The van der Waals surface area contributed by atoms with Gasteiger partial charge in [0.05, 0.1) is 17.3 Å². The molecule has 0 saturated carbocycles. The molecule has 28 heavy (non-hydrogen) atoms. The first-order valence-corrected chi connectivity index (χ1v) is 9.23. The number of hydrogen-bond donors (Lipinski definition) is 1. The van der Waals surface area contributed by atoms with Gasteiger partial charge in [-0.2, -0.15) is 0 Å². The van der Waals surface area contributed by atoms with Gasteiger partial charge >= 0.3 is 0 Å². The highest BCUT2D eigenvalue weighted by molar-refractivity contribution is 6.36. The highest BCUT2D eigenvalue weighted by Crippen LogP contribution is 2.30. The van der Waals surface area contributed by atoms with Crippen LogP contribution in [-0.4, -0.2) is 10.9 Å². The zero-order valence-corrected chi connectivity index (χ0v) is 16.3. The summed E-state index contributed by atoms with van der Waals surface area (Å²) in [5.41, 5.74) is 0.861. The molecule has 1 amide bonds. The third kappa shape index (κ3) is 4.88. The Morgan fingerprint density at radius 2 is 2.00 bits per heavy atom. The third-order valence-electron chi connectivity index (χ3n) is 4.12. The Hall–Kier alpha value is -2.44. The van der Waals surface area contributed by atoms with Crippen LogP contribution in [0.1, 0.15) is 30.8 Å². The van der Waals surface area contributed by atoms with Crippen LogP contribution < -0.4 is 5.32 Å². The fraction of sp³-hybridized carbons (Fsp3) is 0.200. The fourth-order valence-corrected chi connectivity index (χ4v) is 3.21. The molecular weight excluding hydrogens is 409 g/mol. The summed E-state index contributed by atoms with van der Waals surface area (Å²) >= 11 is 12.0. The summed E-state index contributed by atoms with van der Waals surface area (Å²) in [4.78, 5) is 16.3. The molecule has 0 aliphatic heterocycles. The first-order valence-electron chi connectivity index (χ1n) is 8.48. The molecule has 3 rings (SSSR count). The standard InChI is InChI=1S/C20H16Cl2F2N2O2/c1-11(14-5-3-13(23)9-17(14)24)26-19(27)6-7-20-25-10-18(28-20)15-4-2-12(21)8-16(15)22/h2-5,8-11H,6-7H2,1H3,(H,26,27). The molecule has 1 unspecified atom stereocenters. The number of carbonyl (C=O) groups is 1. The normalized spacial score (nSPS) is 12.0. The van der Waals surface area contributed by atoms with E-state index in [2.05, 4.69) is 10.3 Å². The molecule has 0 fully saturated rings. The van der Waals surface area contributed by atoms with Crippen molar-refractivity contribution in [2.24, 2.45) is 0 Å². The van der Waals surface area contributed by atoms with E-state index in [9.17, 15) is 13.6 Å².